The minimum Gasteiger partial charge on any atom is -0.366 e. The number of carbonyl (C=O) groups excluding carboxylic acids is 2. The van der Waals surface area contributed by atoms with Crippen molar-refractivity contribution in [1.29, 1.82) is 0 Å². The quantitative estimate of drug-likeness (QED) is 0.642. The fourth-order valence-corrected chi connectivity index (χ4v) is 4.23. The summed E-state index contributed by atoms with van der Waals surface area (Å²) in [6, 6.07) is 7.16. The molecule has 27 heavy (non-hydrogen) atoms. The number of hydrogen-bond acceptors (Lipinski definition) is 4. The highest BCUT2D eigenvalue weighted by Crippen LogP contribution is 2.34. The Balaban J connectivity index is 0.000000199. The van der Waals surface area contributed by atoms with Gasteiger partial charge in [-0.3, -0.25) is 9.59 Å². The molecule has 6 nitrogen and oxygen atoms in total. The van der Waals surface area contributed by atoms with E-state index in [1.54, 1.807) is 12.1 Å². The van der Waals surface area contributed by atoms with E-state index in [4.69, 9.17) is 22.9 Å². The highest BCUT2D eigenvalue weighted by atomic mass is 16.2. The van der Waals surface area contributed by atoms with Crippen molar-refractivity contribution in [1.82, 2.24) is 0 Å². The summed E-state index contributed by atoms with van der Waals surface area (Å²) in [5.41, 5.74) is 22.2. The fraction of sp³-hybridized carbons (Fsp3) is 0.619. The zero-order chi connectivity index (χ0) is 19.8. The summed E-state index contributed by atoms with van der Waals surface area (Å²) in [4.78, 5) is 21.5. The van der Waals surface area contributed by atoms with Crippen LogP contribution in [0.2, 0.25) is 0 Å². The molecule has 2 aliphatic carbocycles. The van der Waals surface area contributed by atoms with Gasteiger partial charge < -0.3 is 22.9 Å². The van der Waals surface area contributed by atoms with Crippen LogP contribution in [0, 0.1) is 11.8 Å². The highest BCUT2D eigenvalue weighted by Gasteiger charge is 2.24. The van der Waals surface area contributed by atoms with E-state index in [1.807, 2.05) is 0 Å². The van der Waals surface area contributed by atoms with E-state index < -0.39 is 11.8 Å². The number of primary amides is 2. The summed E-state index contributed by atoms with van der Waals surface area (Å²) in [6.45, 7) is 0. The van der Waals surface area contributed by atoms with E-state index in [1.165, 1.54) is 69.9 Å². The average Bonchev–Trinajstić information content (AvgIpc) is 2.66. The van der Waals surface area contributed by atoms with Gasteiger partial charge in [0.1, 0.15) is 0 Å². The molecule has 2 amide bonds. The molecule has 8 N–H and O–H groups in total. The van der Waals surface area contributed by atoms with Crippen molar-refractivity contribution in [3.05, 3.63) is 35.4 Å². The summed E-state index contributed by atoms with van der Waals surface area (Å²) in [7, 11) is 0. The van der Waals surface area contributed by atoms with Crippen LogP contribution in [0.25, 0.3) is 0 Å². The lowest BCUT2D eigenvalue weighted by Crippen LogP contribution is -2.30. The van der Waals surface area contributed by atoms with Gasteiger partial charge >= 0.3 is 0 Å². The molecule has 0 radical (unpaired) electrons. The SMILES string of the molecule is NC(=O)c1ccccc1C(N)=O.NC1CCC(CC2CCC(N)CC2)CC1. The maximum atomic E-state index is 10.7. The second-order valence-corrected chi connectivity index (χ2v) is 8.07. The lowest BCUT2D eigenvalue weighted by atomic mass is 9.76. The average molecular weight is 375 g/mol. The smallest absolute Gasteiger partial charge is 0.249 e. The Morgan fingerprint density at radius 2 is 1.04 bits per heavy atom. The third-order valence-electron chi connectivity index (χ3n) is 5.91. The molecule has 0 atom stereocenters. The molecule has 0 saturated heterocycles. The van der Waals surface area contributed by atoms with Crippen LogP contribution >= 0.6 is 0 Å². The first-order valence-electron chi connectivity index (χ1n) is 10.1. The molecule has 3 rings (SSSR count). The Morgan fingerprint density at radius 1 is 0.704 bits per heavy atom. The van der Waals surface area contributed by atoms with E-state index >= 15 is 0 Å². The minimum atomic E-state index is -0.649. The zero-order valence-corrected chi connectivity index (χ0v) is 16.1. The Hall–Kier alpha value is -1.92. The summed E-state index contributed by atoms with van der Waals surface area (Å²) >= 11 is 0. The first-order valence-corrected chi connectivity index (χ1v) is 10.1. The van der Waals surface area contributed by atoms with Gasteiger partial charge in [0, 0.05) is 12.1 Å². The molecule has 150 valence electrons. The van der Waals surface area contributed by atoms with Gasteiger partial charge in [0.25, 0.3) is 0 Å². The Bertz CT molecular complexity index is 565. The zero-order valence-electron chi connectivity index (χ0n) is 16.1. The molecule has 0 spiro atoms. The molecule has 1 aromatic carbocycles. The van der Waals surface area contributed by atoms with Crippen LogP contribution in [0.3, 0.4) is 0 Å². The second kappa shape index (κ2) is 10.4. The largest absolute Gasteiger partial charge is 0.366 e. The maximum Gasteiger partial charge on any atom is 0.249 e. The normalized spacial score (nSPS) is 27.9. The first-order chi connectivity index (χ1) is 12.9. The molecular formula is C21H34N4O2. The van der Waals surface area contributed by atoms with E-state index in [-0.39, 0.29) is 11.1 Å². The monoisotopic (exact) mass is 374 g/mol. The molecule has 0 heterocycles. The molecule has 1 aromatic rings. The van der Waals surface area contributed by atoms with Crippen LogP contribution in [0.4, 0.5) is 0 Å². The maximum absolute atomic E-state index is 10.7. The van der Waals surface area contributed by atoms with Crippen LogP contribution < -0.4 is 22.9 Å². The second-order valence-electron chi connectivity index (χ2n) is 8.07. The summed E-state index contributed by atoms with van der Waals surface area (Å²) in [5, 5.41) is 0. The molecule has 2 aliphatic rings. The van der Waals surface area contributed by atoms with Crippen molar-refractivity contribution < 1.29 is 9.59 Å². The van der Waals surface area contributed by atoms with Crippen LogP contribution in [-0.4, -0.2) is 23.9 Å². The van der Waals surface area contributed by atoms with Crippen LogP contribution in [0.5, 0.6) is 0 Å². The van der Waals surface area contributed by atoms with Crippen LogP contribution in [0.1, 0.15) is 78.5 Å². The summed E-state index contributed by atoms with van der Waals surface area (Å²) < 4.78 is 0. The summed E-state index contributed by atoms with van der Waals surface area (Å²) in [6.07, 6.45) is 12.0. The van der Waals surface area contributed by atoms with Crippen molar-refractivity contribution in [3.63, 3.8) is 0 Å². The van der Waals surface area contributed by atoms with Crippen LogP contribution in [-0.2, 0) is 0 Å². The predicted octanol–water partition coefficient (Wildman–Crippen LogP) is 2.30. The first kappa shape index (κ1) is 21.4. The van der Waals surface area contributed by atoms with Gasteiger partial charge in [-0.25, -0.2) is 0 Å². The van der Waals surface area contributed by atoms with Crippen molar-refractivity contribution in [2.45, 2.75) is 69.9 Å². The van der Waals surface area contributed by atoms with Gasteiger partial charge in [0.2, 0.25) is 11.8 Å². The summed E-state index contributed by atoms with van der Waals surface area (Å²) in [5.74, 6) is 0.655. The topological polar surface area (TPSA) is 138 Å². The molecule has 0 aromatic heterocycles. The van der Waals surface area contributed by atoms with Crippen molar-refractivity contribution in [2.24, 2.45) is 34.8 Å². The van der Waals surface area contributed by atoms with Crippen LogP contribution in [0.15, 0.2) is 24.3 Å². The lowest BCUT2D eigenvalue weighted by Gasteiger charge is -2.32. The highest BCUT2D eigenvalue weighted by molar-refractivity contribution is 6.06. The standard InChI is InChI=1S/C13H26N2.C8H8N2O2/c14-12-5-1-10(2-6-12)9-11-3-7-13(15)8-4-11;9-7(11)5-3-1-2-4-6(5)8(10)12/h10-13H,1-9,14-15H2;1-4H,(H2,9,11)(H2,10,12). The van der Waals surface area contributed by atoms with Crippen molar-refractivity contribution in [3.8, 4) is 0 Å². The van der Waals surface area contributed by atoms with Gasteiger partial charge in [-0.2, -0.15) is 0 Å². The number of nitrogens with two attached hydrogens (primary N) is 4. The van der Waals surface area contributed by atoms with Gasteiger partial charge in [-0.1, -0.05) is 12.1 Å². The minimum absolute atomic E-state index is 0.157. The number of amides is 2. The molecule has 0 bridgehead atoms. The number of benzene rings is 1. The Labute approximate surface area is 162 Å². The van der Waals surface area contributed by atoms with Gasteiger partial charge in [0.15, 0.2) is 0 Å². The Morgan fingerprint density at radius 3 is 1.33 bits per heavy atom. The van der Waals surface area contributed by atoms with E-state index in [0.717, 1.165) is 11.8 Å². The Kier molecular flexibility index (Phi) is 8.25. The van der Waals surface area contributed by atoms with Crippen molar-refractivity contribution >= 4 is 11.8 Å². The van der Waals surface area contributed by atoms with Gasteiger partial charge in [-0.05, 0) is 81.8 Å². The van der Waals surface area contributed by atoms with E-state index in [9.17, 15) is 9.59 Å². The number of hydrogen-bond donors (Lipinski definition) is 4. The number of rotatable bonds is 4. The van der Waals surface area contributed by atoms with E-state index in [0.29, 0.717) is 12.1 Å². The van der Waals surface area contributed by atoms with Crippen molar-refractivity contribution in [2.75, 3.05) is 0 Å². The molecule has 2 fully saturated rings. The lowest BCUT2D eigenvalue weighted by molar-refractivity contribution is 0.0967. The van der Waals surface area contributed by atoms with Gasteiger partial charge in [-0.15, -0.1) is 0 Å². The molecule has 0 unspecified atom stereocenters. The molecular weight excluding hydrogens is 340 g/mol. The third kappa shape index (κ3) is 6.96. The molecule has 2 saturated carbocycles. The molecule has 6 heteroatoms. The number of carbonyl (C=O) groups is 2. The third-order valence-corrected chi connectivity index (χ3v) is 5.91. The van der Waals surface area contributed by atoms with E-state index in [2.05, 4.69) is 0 Å². The fourth-order valence-electron chi connectivity index (χ4n) is 4.23. The molecule has 0 aliphatic heterocycles. The predicted molar refractivity (Wildman–Crippen MR) is 108 cm³/mol. The van der Waals surface area contributed by atoms with Gasteiger partial charge in [0.05, 0.1) is 11.1 Å².